The van der Waals surface area contributed by atoms with Gasteiger partial charge in [0.2, 0.25) is 5.91 Å². The number of rotatable bonds is 3. The smallest absolute Gasteiger partial charge is 0.298 e. The van der Waals surface area contributed by atoms with Crippen LogP contribution in [0.1, 0.15) is 37.5 Å². The molecule has 4 aromatic rings. The molecule has 31 heavy (non-hydrogen) atoms. The van der Waals surface area contributed by atoms with E-state index in [-0.39, 0.29) is 17.9 Å². The molecule has 2 aliphatic heterocycles. The van der Waals surface area contributed by atoms with Crippen molar-refractivity contribution in [3.8, 4) is 0 Å². The van der Waals surface area contributed by atoms with E-state index in [2.05, 4.69) is 19.8 Å². The Morgan fingerprint density at radius 2 is 1.71 bits per heavy atom. The SMILES string of the molecule is O=C(C1CCN(c2nc3ccccc3o2)CC1)N1CCC[C@@H]1c1nc2ccccc2[nH]1. The molecule has 2 fully saturated rings. The number of aromatic amines is 1. The highest BCUT2D eigenvalue weighted by atomic mass is 16.4. The number of imidazole rings is 1. The Kier molecular flexibility index (Phi) is 4.40. The number of anilines is 1. The van der Waals surface area contributed by atoms with Crippen LogP contribution in [0.4, 0.5) is 6.01 Å². The van der Waals surface area contributed by atoms with Gasteiger partial charge >= 0.3 is 0 Å². The predicted octanol–water partition coefficient (Wildman–Crippen LogP) is 4.28. The first kappa shape index (κ1) is 18.4. The third kappa shape index (κ3) is 3.24. The van der Waals surface area contributed by atoms with Crippen LogP contribution in [0, 0.1) is 5.92 Å². The number of carbonyl (C=O) groups excluding carboxylic acids is 1. The van der Waals surface area contributed by atoms with Crippen LogP contribution in [-0.4, -0.2) is 45.4 Å². The highest BCUT2D eigenvalue weighted by Gasteiger charge is 2.37. The third-order valence-electron chi connectivity index (χ3n) is 6.66. The number of nitrogens with zero attached hydrogens (tertiary/aromatic N) is 4. The number of H-pyrrole nitrogens is 1. The highest BCUT2D eigenvalue weighted by molar-refractivity contribution is 5.80. The van der Waals surface area contributed by atoms with Crippen molar-refractivity contribution in [2.75, 3.05) is 24.5 Å². The van der Waals surface area contributed by atoms with Crippen molar-refractivity contribution >= 4 is 34.1 Å². The summed E-state index contributed by atoms with van der Waals surface area (Å²) in [5.74, 6) is 1.22. The Morgan fingerprint density at radius 3 is 2.52 bits per heavy atom. The maximum Gasteiger partial charge on any atom is 0.298 e. The molecule has 4 heterocycles. The van der Waals surface area contributed by atoms with Gasteiger partial charge in [0.05, 0.1) is 17.1 Å². The van der Waals surface area contributed by atoms with Crippen LogP contribution >= 0.6 is 0 Å². The summed E-state index contributed by atoms with van der Waals surface area (Å²) in [4.78, 5) is 30.4. The van der Waals surface area contributed by atoms with E-state index in [9.17, 15) is 4.79 Å². The molecule has 0 unspecified atom stereocenters. The van der Waals surface area contributed by atoms with Gasteiger partial charge in [-0.05, 0) is 49.9 Å². The molecule has 158 valence electrons. The molecule has 0 bridgehead atoms. The molecule has 1 amide bonds. The summed E-state index contributed by atoms with van der Waals surface area (Å²) in [6, 6.07) is 16.6. The summed E-state index contributed by atoms with van der Waals surface area (Å²) in [6.45, 7) is 2.38. The van der Waals surface area contributed by atoms with Gasteiger partial charge in [-0.2, -0.15) is 4.98 Å². The molecular formula is C24H25N5O2. The van der Waals surface area contributed by atoms with Crippen LogP contribution in [0.5, 0.6) is 0 Å². The monoisotopic (exact) mass is 415 g/mol. The first-order valence-corrected chi connectivity index (χ1v) is 11.1. The van der Waals surface area contributed by atoms with Crippen LogP contribution in [0.2, 0.25) is 0 Å². The fourth-order valence-corrected chi connectivity index (χ4v) is 4.99. The molecule has 1 N–H and O–H groups in total. The van der Waals surface area contributed by atoms with Gasteiger partial charge in [-0.25, -0.2) is 4.98 Å². The average molecular weight is 415 g/mol. The lowest BCUT2D eigenvalue weighted by Gasteiger charge is -2.33. The number of likely N-dealkylation sites (tertiary alicyclic amines) is 1. The number of benzene rings is 2. The van der Waals surface area contributed by atoms with Gasteiger partial charge in [0.15, 0.2) is 5.58 Å². The Labute approximate surface area is 180 Å². The number of nitrogens with one attached hydrogen (secondary N) is 1. The molecule has 1 atom stereocenters. The number of amides is 1. The molecular weight excluding hydrogens is 390 g/mol. The molecule has 2 saturated heterocycles. The first-order valence-electron chi connectivity index (χ1n) is 11.1. The summed E-state index contributed by atoms with van der Waals surface area (Å²) < 4.78 is 5.91. The molecule has 2 aliphatic rings. The van der Waals surface area contributed by atoms with Crippen molar-refractivity contribution in [1.82, 2.24) is 19.9 Å². The molecule has 0 aliphatic carbocycles. The summed E-state index contributed by atoms with van der Waals surface area (Å²) in [7, 11) is 0. The van der Waals surface area contributed by atoms with E-state index in [0.717, 1.165) is 73.3 Å². The van der Waals surface area contributed by atoms with E-state index in [1.165, 1.54) is 0 Å². The molecule has 0 radical (unpaired) electrons. The van der Waals surface area contributed by atoms with Crippen molar-refractivity contribution in [2.45, 2.75) is 31.7 Å². The lowest BCUT2D eigenvalue weighted by Crippen LogP contribution is -2.42. The van der Waals surface area contributed by atoms with Gasteiger partial charge < -0.3 is 19.2 Å². The summed E-state index contributed by atoms with van der Waals surface area (Å²) in [5, 5.41) is 0. The van der Waals surface area contributed by atoms with Crippen molar-refractivity contribution in [1.29, 1.82) is 0 Å². The van der Waals surface area contributed by atoms with Gasteiger partial charge in [0.1, 0.15) is 11.3 Å². The van der Waals surface area contributed by atoms with Gasteiger partial charge in [-0.3, -0.25) is 4.79 Å². The van der Waals surface area contributed by atoms with Crippen LogP contribution < -0.4 is 4.90 Å². The predicted molar refractivity (Wildman–Crippen MR) is 119 cm³/mol. The fourth-order valence-electron chi connectivity index (χ4n) is 4.99. The summed E-state index contributed by atoms with van der Waals surface area (Å²) in [6.07, 6.45) is 3.63. The van der Waals surface area contributed by atoms with Crippen molar-refractivity contribution in [3.63, 3.8) is 0 Å². The number of hydrogen-bond acceptors (Lipinski definition) is 5. The number of oxazole rings is 1. The standard InChI is InChI=1S/C24H25N5O2/c30-23(29-13-5-9-20(29)22-25-17-6-1-2-7-18(17)26-22)16-11-14-28(15-12-16)24-27-19-8-3-4-10-21(19)31-24/h1-4,6-8,10,16,20H,5,9,11-15H2,(H,25,26)/t20-/m1/s1. The van der Waals surface area contributed by atoms with Crippen molar-refractivity contribution < 1.29 is 9.21 Å². The van der Waals surface area contributed by atoms with Gasteiger partial charge in [-0.15, -0.1) is 0 Å². The maximum absolute atomic E-state index is 13.4. The Morgan fingerprint density at radius 1 is 0.935 bits per heavy atom. The molecule has 6 rings (SSSR count). The van der Waals surface area contributed by atoms with E-state index in [1.807, 2.05) is 48.5 Å². The largest absolute Gasteiger partial charge is 0.423 e. The lowest BCUT2D eigenvalue weighted by atomic mass is 9.95. The third-order valence-corrected chi connectivity index (χ3v) is 6.66. The fraction of sp³-hybridized carbons (Fsp3) is 0.375. The lowest BCUT2D eigenvalue weighted by molar-refractivity contribution is -0.137. The minimum absolute atomic E-state index is 0.0469. The Bertz CT molecular complexity index is 1170. The quantitative estimate of drug-likeness (QED) is 0.540. The summed E-state index contributed by atoms with van der Waals surface area (Å²) >= 11 is 0. The number of hydrogen-bond donors (Lipinski definition) is 1. The highest BCUT2D eigenvalue weighted by Crippen LogP contribution is 2.35. The number of fused-ring (bicyclic) bond motifs is 2. The first-order chi connectivity index (χ1) is 15.3. The molecule has 7 nitrogen and oxygen atoms in total. The van der Waals surface area contributed by atoms with E-state index in [1.54, 1.807) is 0 Å². The number of carbonyl (C=O) groups is 1. The van der Waals surface area contributed by atoms with E-state index < -0.39 is 0 Å². The van der Waals surface area contributed by atoms with Gasteiger partial charge in [0, 0.05) is 25.6 Å². The van der Waals surface area contributed by atoms with Crippen molar-refractivity contribution in [3.05, 3.63) is 54.4 Å². The minimum Gasteiger partial charge on any atom is -0.423 e. The van der Waals surface area contributed by atoms with Crippen molar-refractivity contribution in [2.24, 2.45) is 5.92 Å². The second kappa shape index (κ2) is 7.41. The van der Waals surface area contributed by atoms with Crippen LogP contribution in [0.25, 0.3) is 22.1 Å². The van der Waals surface area contributed by atoms with Crippen LogP contribution in [0.3, 0.4) is 0 Å². The van der Waals surface area contributed by atoms with E-state index in [0.29, 0.717) is 6.01 Å². The van der Waals surface area contributed by atoms with Gasteiger partial charge in [-0.1, -0.05) is 24.3 Å². The number of aromatic nitrogens is 3. The molecule has 2 aromatic heterocycles. The topological polar surface area (TPSA) is 78.3 Å². The van der Waals surface area contributed by atoms with Crippen LogP contribution in [-0.2, 0) is 4.79 Å². The maximum atomic E-state index is 13.4. The minimum atomic E-state index is 0.0469. The zero-order chi connectivity index (χ0) is 20.8. The zero-order valence-electron chi connectivity index (χ0n) is 17.3. The second-order valence-corrected chi connectivity index (χ2v) is 8.55. The van der Waals surface area contributed by atoms with Crippen LogP contribution in [0.15, 0.2) is 52.9 Å². The summed E-state index contributed by atoms with van der Waals surface area (Å²) in [5.41, 5.74) is 3.68. The molecule has 7 heteroatoms. The number of para-hydroxylation sites is 4. The zero-order valence-corrected chi connectivity index (χ0v) is 17.3. The molecule has 0 spiro atoms. The Hall–Kier alpha value is -3.35. The second-order valence-electron chi connectivity index (χ2n) is 8.55. The normalized spacial score (nSPS) is 20.2. The average Bonchev–Trinajstić information content (AvgIpc) is 3.55. The van der Waals surface area contributed by atoms with E-state index >= 15 is 0 Å². The number of piperidine rings is 1. The van der Waals surface area contributed by atoms with E-state index in [4.69, 9.17) is 9.40 Å². The molecule has 0 saturated carbocycles. The Balaban J connectivity index is 1.15. The molecule has 2 aromatic carbocycles. The van der Waals surface area contributed by atoms with Gasteiger partial charge in [0.25, 0.3) is 6.01 Å².